The summed E-state index contributed by atoms with van der Waals surface area (Å²) < 4.78 is 0. The van der Waals surface area contributed by atoms with Gasteiger partial charge in [-0.15, -0.1) is 11.3 Å². The van der Waals surface area contributed by atoms with Gasteiger partial charge in [0.2, 0.25) is 5.91 Å². The van der Waals surface area contributed by atoms with Crippen LogP contribution >= 0.6 is 11.3 Å². The molecule has 1 saturated heterocycles. The molecule has 4 nitrogen and oxygen atoms in total. The summed E-state index contributed by atoms with van der Waals surface area (Å²) in [5.41, 5.74) is 0. The zero-order valence-corrected chi connectivity index (χ0v) is 14.2. The van der Waals surface area contributed by atoms with Gasteiger partial charge < -0.3 is 10.4 Å². The van der Waals surface area contributed by atoms with Crippen molar-refractivity contribution in [1.29, 1.82) is 0 Å². The maximum absolute atomic E-state index is 11.3. The van der Waals surface area contributed by atoms with E-state index >= 15 is 0 Å². The average Bonchev–Trinajstić information content (AvgIpc) is 3.05. The fourth-order valence-corrected chi connectivity index (χ4v) is 4.99. The molecular weight excluding hydrogens is 296 g/mol. The maximum atomic E-state index is 11.3. The van der Waals surface area contributed by atoms with Crippen LogP contribution in [0.4, 0.5) is 0 Å². The number of amides is 1. The predicted molar refractivity (Wildman–Crippen MR) is 88.8 cm³/mol. The number of rotatable bonds is 4. The van der Waals surface area contributed by atoms with Crippen molar-refractivity contribution in [2.24, 2.45) is 11.8 Å². The fraction of sp³-hybridized carbons (Fsp3) is 0.706. The quantitative estimate of drug-likeness (QED) is 0.892. The number of nitrogens with one attached hydrogen (secondary N) is 1. The van der Waals surface area contributed by atoms with Crippen LogP contribution in [-0.2, 0) is 17.8 Å². The highest BCUT2D eigenvalue weighted by Crippen LogP contribution is 2.37. The summed E-state index contributed by atoms with van der Waals surface area (Å²) >= 11 is 1.91. The topological polar surface area (TPSA) is 52.6 Å². The molecule has 1 aliphatic heterocycles. The minimum absolute atomic E-state index is 0.0389. The lowest BCUT2D eigenvalue weighted by atomic mass is 9.77. The molecule has 1 aliphatic carbocycles. The fourth-order valence-electron chi connectivity index (χ4n) is 3.99. The van der Waals surface area contributed by atoms with Crippen LogP contribution in [0.2, 0.25) is 0 Å². The van der Waals surface area contributed by atoms with Gasteiger partial charge in [0.1, 0.15) is 0 Å². The highest BCUT2D eigenvalue weighted by atomic mass is 32.1. The second-order valence-electron chi connectivity index (χ2n) is 6.78. The van der Waals surface area contributed by atoms with Crippen molar-refractivity contribution < 1.29 is 9.90 Å². The third kappa shape index (κ3) is 3.53. The van der Waals surface area contributed by atoms with E-state index in [1.807, 2.05) is 11.3 Å². The van der Waals surface area contributed by atoms with Gasteiger partial charge in [-0.05, 0) is 43.2 Å². The van der Waals surface area contributed by atoms with Crippen molar-refractivity contribution in [2.75, 3.05) is 13.1 Å². The number of carbonyl (C=O) groups excluding carboxylic acids is 1. The Morgan fingerprint density at radius 2 is 2.00 bits per heavy atom. The molecule has 2 N–H and O–H groups in total. The van der Waals surface area contributed by atoms with Crippen LogP contribution in [0, 0.1) is 11.8 Å². The summed E-state index contributed by atoms with van der Waals surface area (Å²) in [4.78, 5) is 16.7. The number of hydrogen-bond acceptors (Lipinski definition) is 4. The maximum Gasteiger partial charge on any atom is 0.217 e. The van der Waals surface area contributed by atoms with E-state index in [1.54, 1.807) is 0 Å². The monoisotopic (exact) mass is 322 g/mol. The van der Waals surface area contributed by atoms with E-state index in [-0.39, 0.29) is 11.9 Å². The SMILES string of the molecule is CCc1ccc(CN2C[C@H]3C[C@@H](NC(C)=O)[C@H](O)C[C@H]3C2)s1. The Hall–Kier alpha value is -0.910. The first-order valence-electron chi connectivity index (χ1n) is 8.30. The molecule has 1 aromatic rings. The molecular formula is C17H26N2O2S. The van der Waals surface area contributed by atoms with E-state index in [0.29, 0.717) is 11.8 Å². The number of likely N-dealkylation sites (tertiary alicyclic amines) is 1. The first kappa shape index (κ1) is 16.0. The number of thiophene rings is 1. The summed E-state index contributed by atoms with van der Waals surface area (Å²) in [7, 11) is 0. The van der Waals surface area contributed by atoms with Gasteiger partial charge in [-0.25, -0.2) is 0 Å². The van der Waals surface area contributed by atoms with Gasteiger partial charge in [0, 0.05) is 36.3 Å². The van der Waals surface area contributed by atoms with Crippen LogP contribution in [0.15, 0.2) is 12.1 Å². The van der Waals surface area contributed by atoms with E-state index in [1.165, 1.54) is 16.7 Å². The van der Waals surface area contributed by atoms with E-state index < -0.39 is 6.10 Å². The Kier molecular flexibility index (Phi) is 4.85. The molecule has 2 heterocycles. The molecule has 1 amide bonds. The molecule has 2 aliphatic rings. The Labute approximate surface area is 136 Å². The molecule has 0 radical (unpaired) electrons. The van der Waals surface area contributed by atoms with Crippen molar-refractivity contribution >= 4 is 17.2 Å². The number of carbonyl (C=O) groups is 1. The van der Waals surface area contributed by atoms with Gasteiger partial charge in [0.05, 0.1) is 12.1 Å². The second kappa shape index (κ2) is 6.69. The number of aliphatic hydroxyl groups excluding tert-OH is 1. The average molecular weight is 322 g/mol. The van der Waals surface area contributed by atoms with Crippen LogP contribution in [0.1, 0.15) is 36.4 Å². The first-order chi connectivity index (χ1) is 10.5. The number of aryl methyl sites for hydroxylation is 1. The standard InChI is InChI=1S/C17H26N2O2S/c1-3-14-4-5-15(22-14)10-19-8-12-6-16(18-11(2)20)17(21)7-13(12)9-19/h4-5,12-13,16-17,21H,3,6-10H2,1-2H3,(H,18,20)/t12-,13+,16-,17-/m1/s1. The zero-order valence-electron chi connectivity index (χ0n) is 13.4. The van der Waals surface area contributed by atoms with Crippen molar-refractivity contribution in [3.05, 3.63) is 21.9 Å². The van der Waals surface area contributed by atoms with Crippen LogP contribution < -0.4 is 5.32 Å². The lowest BCUT2D eigenvalue weighted by Gasteiger charge is -2.35. The summed E-state index contributed by atoms with van der Waals surface area (Å²) in [6, 6.07) is 4.42. The van der Waals surface area contributed by atoms with Gasteiger partial charge >= 0.3 is 0 Å². The van der Waals surface area contributed by atoms with Crippen molar-refractivity contribution in [2.45, 2.75) is 51.8 Å². The summed E-state index contributed by atoms with van der Waals surface area (Å²) in [5.74, 6) is 1.14. The molecule has 1 aromatic heterocycles. The minimum Gasteiger partial charge on any atom is -0.391 e. The Bertz CT molecular complexity index is 530. The molecule has 22 heavy (non-hydrogen) atoms. The van der Waals surface area contributed by atoms with Gasteiger partial charge in [0.15, 0.2) is 0 Å². The summed E-state index contributed by atoms with van der Waals surface area (Å²) in [6.07, 6.45) is 2.45. The van der Waals surface area contributed by atoms with Crippen LogP contribution in [0.25, 0.3) is 0 Å². The second-order valence-corrected chi connectivity index (χ2v) is 8.03. The highest BCUT2D eigenvalue weighted by molar-refractivity contribution is 7.11. The third-order valence-corrected chi connectivity index (χ3v) is 6.27. The van der Waals surface area contributed by atoms with E-state index in [0.717, 1.165) is 38.9 Å². The Balaban J connectivity index is 1.58. The van der Waals surface area contributed by atoms with Gasteiger partial charge in [-0.1, -0.05) is 6.92 Å². The Morgan fingerprint density at radius 3 is 2.64 bits per heavy atom. The van der Waals surface area contributed by atoms with Crippen molar-refractivity contribution in [3.8, 4) is 0 Å². The van der Waals surface area contributed by atoms with Crippen molar-refractivity contribution in [3.63, 3.8) is 0 Å². The molecule has 0 unspecified atom stereocenters. The predicted octanol–water partition coefficient (Wildman–Crippen LogP) is 2.02. The molecule has 0 aromatic carbocycles. The number of aliphatic hydroxyl groups is 1. The van der Waals surface area contributed by atoms with E-state index in [9.17, 15) is 9.90 Å². The molecule has 122 valence electrons. The molecule has 5 heteroatoms. The lowest BCUT2D eigenvalue weighted by Crippen LogP contribution is -2.48. The van der Waals surface area contributed by atoms with Gasteiger partial charge in [0.25, 0.3) is 0 Å². The molecule has 3 rings (SSSR count). The smallest absolute Gasteiger partial charge is 0.217 e. The first-order valence-corrected chi connectivity index (χ1v) is 9.12. The number of hydrogen-bond donors (Lipinski definition) is 2. The van der Waals surface area contributed by atoms with Crippen molar-refractivity contribution in [1.82, 2.24) is 10.2 Å². The Morgan fingerprint density at radius 1 is 1.32 bits per heavy atom. The summed E-state index contributed by atoms with van der Waals surface area (Å²) in [5, 5.41) is 13.2. The van der Waals surface area contributed by atoms with Crippen LogP contribution in [0.3, 0.4) is 0 Å². The van der Waals surface area contributed by atoms with E-state index in [2.05, 4.69) is 29.3 Å². The van der Waals surface area contributed by atoms with Gasteiger partial charge in [-0.3, -0.25) is 9.69 Å². The third-order valence-electron chi connectivity index (χ3n) is 5.05. The lowest BCUT2D eigenvalue weighted by molar-refractivity contribution is -0.121. The van der Waals surface area contributed by atoms with Crippen LogP contribution in [0.5, 0.6) is 0 Å². The molecule has 4 atom stereocenters. The molecule has 2 fully saturated rings. The van der Waals surface area contributed by atoms with Crippen LogP contribution in [-0.4, -0.2) is 41.1 Å². The minimum atomic E-state index is -0.390. The molecule has 1 saturated carbocycles. The normalized spacial score (nSPS) is 32.0. The molecule has 0 spiro atoms. The largest absolute Gasteiger partial charge is 0.391 e. The van der Waals surface area contributed by atoms with E-state index in [4.69, 9.17) is 0 Å². The zero-order chi connectivity index (χ0) is 15.7. The van der Waals surface area contributed by atoms with Gasteiger partial charge in [-0.2, -0.15) is 0 Å². The molecule has 0 bridgehead atoms. The highest BCUT2D eigenvalue weighted by Gasteiger charge is 2.41. The number of nitrogens with zero attached hydrogens (tertiary/aromatic N) is 1. The summed E-state index contributed by atoms with van der Waals surface area (Å²) in [6.45, 7) is 6.92. The number of fused-ring (bicyclic) bond motifs is 1.